The molecule has 426 valence electrons. The lowest BCUT2D eigenvalue weighted by Crippen LogP contribution is -2.30. The second kappa shape index (κ2) is 62.1. The van der Waals surface area contributed by atoms with Gasteiger partial charge >= 0.3 is 17.9 Å². The summed E-state index contributed by atoms with van der Waals surface area (Å²) < 4.78 is 16.8. The number of rotatable bonds is 57. The first-order valence-electron chi connectivity index (χ1n) is 31.6. The molecular weight excluding hydrogens is 913 g/mol. The monoisotopic (exact) mass is 1030 g/mol. The standard InChI is InChI=1S/C68H118O6/c1-4-7-10-13-16-18-20-22-24-25-26-27-28-29-30-31-32-33-34-35-36-37-38-39-40-41-42-43-44-46-47-49-52-55-58-61-67(70)73-64-65(63-72-66(69)60-57-54-51-15-12-9-6-3)74-68(71)62-59-56-53-50-48-45-23-21-19-17-14-11-8-5-2/h7,10,14,16-18,21-24,26-27,29-30,65H,4-6,8-9,11-13,15,19-20,25,28,31-64H2,1-3H3/b10-7-,17-14-,18-16-,23-21-,24-22-,27-26-,30-29-. The van der Waals surface area contributed by atoms with E-state index in [0.717, 1.165) is 116 Å². The SMILES string of the molecule is CC/C=C\C/C=C\C/C=C\C/C=C\C/C=C\CCCCCCCCCCCCCCCCCCCCCC(=O)OCC(COC(=O)CCCCCCCCC)OC(=O)CCCCCCC/C=C\C/C=C\CCCC. The normalized spacial score (nSPS) is 12.6. The molecule has 0 aromatic heterocycles. The lowest BCUT2D eigenvalue weighted by Gasteiger charge is -2.18. The van der Waals surface area contributed by atoms with Crippen LogP contribution in [0.25, 0.3) is 0 Å². The molecule has 0 bridgehead atoms. The molecule has 0 N–H and O–H groups in total. The molecular formula is C68H118O6. The summed E-state index contributed by atoms with van der Waals surface area (Å²) in [6.07, 6.45) is 82.0. The van der Waals surface area contributed by atoms with Gasteiger partial charge in [-0.1, -0.05) is 286 Å². The second-order valence-electron chi connectivity index (χ2n) is 20.9. The molecule has 74 heavy (non-hydrogen) atoms. The highest BCUT2D eigenvalue weighted by Gasteiger charge is 2.19. The third kappa shape index (κ3) is 59.5. The van der Waals surface area contributed by atoms with Gasteiger partial charge in [-0.15, -0.1) is 0 Å². The first-order valence-corrected chi connectivity index (χ1v) is 31.6. The van der Waals surface area contributed by atoms with Gasteiger partial charge in [-0.2, -0.15) is 0 Å². The minimum Gasteiger partial charge on any atom is -0.462 e. The van der Waals surface area contributed by atoms with Crippen molar-refractivity contribution in [2.45, 2.75) is 316 Å². The Balaban J connectivity index is 3.96. The summed E-state index contributed by atoms with van der Waals surface area (Å²) in [6.45, 7) is 6.45. The van der Waals surface area contributed by atoms with Crippen molar-refractivity contribution >= 4 is 17.9 Å². The van der Waals surface area contributed by atoms with Crippen molar-refractivity contribution in [2.24, 2.45) is 0 Å². The lowest BCUT2D eigenvalue weighted by molar-refractivity contribution is -0.167. The number of carbonyl (C=O) groups excluding carboxylic acids is 3. The molecule has 0 aliphatic carbocycles. The molecule has 0 saturated heterocycles. The molecule has 0 fully saturated rings. The summed E-state index contributed by atoms with van der Waals surface area (Å²) in [7, 11) is 0. The Labute approximate surface area is 458 Å². The molecule has 0 rings (SSSR count). The van der Waals surface area contributed by atoms with Gasteiger partial charge in [0.25, 0.3) is 0 Å². The predicted octanol–water partition coefficient (Wildman–Crippen LogP) is 21.5. The van der Waals surface area contributed by atoms with Gasteiger partial charge in [0.15, 0.2) is 6.10 Å². The minimum absolute atomic E-state index is 0.0777. The van der Waals surface area contributed by atoms with E-state index in [1.165, 1.54) is 154 Å². The summed E-state index contributed by atoms with van der Waals surface area (Å²) in [6, 6.07) is 0. The largest absolute Gasteiger partial charge is 0.462 e. The van der Waals surface area contributed by atoms with Crippen molar-refractivity contribution in [2.75, 3.05) is 13.2 Å². The van der Waals surface area contributed by atoms with Crippen LogP contribution >= 0.6 is 0 Å². The maximum Gasteiger partial charge on any atom is 0.306 e. The molecule has 6 nitrogen and oxygen atoms in total. The van der Waals surface area contributed by atoms with Crippen LogP contribution in [-0.2, 0) is 28.6 Å². The smallest absolute Gasteiger partial charge is 0.306 e. The van der Waals surface area contributed by atoms with Crippen LogP contribution in [0.3, 0.4) is 0 Å². The van der Waals surface area contributed by atoms with Crippen LogP contribution in [0.15, 0.2) is 85.1 Å². The molecule has 0 saturated carbocycles. The number of carbonyl (C=O) groups is 3. The Morgan fingerprint density at radius 2 is 0.541 bits per heavy atom. The van der Waals surface area contributed by atoms with Gasteiger partial charge in [0, 0.05) is 19.3 Å². The average Bonchev–Trinajstić information content (AvgIpc) is 3.40. The van der Waals surface area contributed by atoms with Crippen LogP contribution < -0.4 is 0 Å². The van der Waals surface area contributed by atoms with Crippen LogP contribution in [0.2, 0.25) is 0 Å². The second-order valence-corrected chi connectivity index (χ2v) is 20.9. The first kappa shape index (κ1) is 70.6. The summed E-state index contributed by atoms with van der Waals surface area (Å²) in [5.74, 6) is -0.888. The fourth-order valence-corrected chi connectivity index (χ4v) is 8.90. The Bertz CT molecular complexity index is 1420. The van der Waals surface area contributed by atoms with Crippen molar-refractivity contribution in [3.8, 4) is 0 Å². The fraction of sp³-hybridized carbons (Fsp3) is 0.750. The number of hydrogen-bond donors (Lipinski definition) is 0. The molecule has 0 heterocycles. The van der Waals surface area contributed by atoms with Crippen molar-refractivity contribution in [3.05, 3.63) is 85.1 Å². The number of unbranched alkanes of at least 4 members (excludes halogenated alkanes) is 32. The van der Waals surface area contributed by atoms with E-state index >= 15 is 0 Å². The molecule has 6 heteroatoms. The molecule has 1 atom stereocenters. The average molecular weight is 1030 g/mol. The van der Waals surface area contributed by atoms with E-state index in [1.54, 1.807) is 0 Å². The molecule has 0 aliphatic heterocycles. The summed E-state index contributed by atoms with van der Waals surface area (Å²) >= 11 is 0. The predicted molar refractivity (Wildman–Crippen MR) is 321 cm³/mol. The quantitative estimate of drug-likeness (QED) is 0.0261. The van der Waals surface area contributed by atoms with Gasteiger partial charge in [0.1, 0.15) is 13.2 Å². The number of ether oxygens (including phenoxy) is 3. The Morgan fingerprint density at radius 3 is 0.865 bits per heavy atom. The van der Waals surface area contributed by atoms with Crippen LogP contribution in [0.4, 0.5) is 0 Å². The van der Waals surface area contributed by atoms with E-state index in [-0.39, 0.29) is 31.1 Å². The zero-order valence-corrected chi connectivity index (χ0v) is 48.8. The first-order chi connectivity index (χ1) is 36.5. The maximum absolute atomic E-state index is 12.8. The van der Waals surface area contributed by atoms with Gasteiger partial charge in [-0.25, -0.2) is 0 Å². The van der Waals surface area contributed by atoms with E-state index in [4.69, 9.17) is 14.2 Å². The summed E-state index contributed by atoms with van der Waals surface area (Å²) in [5, 5.41) is 0. The third-order valence-corrected chi connectivity index (χ3v) is 13.6. The molecule has 0 spiro atoms. The summed E-state index contributed by atoms with van der Waals surface area (Å²) in [5.41, 5.74) is 0. The Kier molecular flexibility index (Phi) is 59.3. The zero-order valence-electron chi connectivity index (χ0n) is 48.8. The number of hydrogen-bond acceptors (Lipinski definition) is 6. The van der Waals surface area contributed by atoms with Gasteiger partial charge in [0.2, 0.25) is 0 Å². The van der Waals surface area contributed by atoms with Crippen LogP contribution in [0.5, 0.6) is 0 Å². The van der Waals surface area contributed by atoms with Crippen LogP contribution in [0.1, 0.15) is 310 Å². The van der Waals surface area contributed by atoms with E-state index in [2.05, 4.69) is 106 Å². The van der Waals surface area contributed by atoms with Crippen LogP contribution in [-0.4, -0.2) is 37.2 Å². The van der Waals surface area contributed by atoms with Crippen molar-refractivity contribution in [1.29, 1.82) is 0 Å². The van der Waals surface area contributed by atoms with E-state index in [9.17, 15) is 14.4 Å². The lowest BCUT2D eigenvalue weighted by atomic mass is 10.0. The highest BCUT2D eigenvalue weighted by atomic mass is 16.6. The Hall–Kier alpha value is -3.41. The molecule has 1 unspecified atom stereocenters. The van der Waals surface area contributed by atoms with Gasteiger partial charge in [-0.3, -0.25) is 14.4 Å². The molecule has 0 aromatic carbocycles. The highest BCUT2D eigenvalue weighted by molar-refractivity contribution is 5.71. The molecule has 0 radical (unpaired) electrons. The van der Waals surface area contributed by atoms with Crippen LogP contribution in [0, 0.1) is 0 Å². The van der Waals surface area contributed by atoms with Crippen molar-refractivity contribution in [1.82, 2.24) is 0 Å². The summed E-state index contributed by atoms with van der Waals surface area (Å²) in [4.78, 5) is 38.0. The minimum atomic E-state index is -0.778. The van der Waals surface area contributed by atoms with Gasteiger partial charge in [0.05, 0.1) is 0 Å². The van der Waals surface area contributed by atoms with E-state index in [1.807, 2.05) is 0 Å². The fourth-order valence-electron chi connectivity index (χ4n) is 8.90. The third-order valence-electron chi connectivity index (χ3n) is 13.6. The highest BCUT2D eigenvalue weighted by Crippen LogP contribution is 2.17. The topological polar surface area (TPSA) is 78.9 Å². The molecule has 0 aromatic rings. The molecule has 0 amide bonds. The van der Waals surface area contributed by atoms with E-state index in [0.29, 0.717) is 19.3 Å². The number of esters is 3. The Morgan fingerprint density at radius 1 is 0.284 bits per heavy atom. The molecule has 0 aliphatic rings. The van der Waals surface area contributed by atoms with Gasteiger partial charge in [-0.05, 0) is 89.9 Å². The van der Waals surface area contributed by atoms with Crippen molar-refractivity contribution in [3.63, 3.8) is 0 Å². The van der Waals surface area contributed by atoms with Gasteiger partial charge < -0.3 is 14.2 Å². The zero-order chi connectivity index (χ0) is 53.6. The number of allylic oxidation sites excluding steroid dienone is 14. The van der Waals surface area contributed by atoms with E-state index < -0.39 is 6.10 Å². The maximum atomic E-state index is 12.8. The van der Waals surface area contributed by atoms with Crippen molar-refractivity contribution < 1.29 is 28.6 Å².